The lowest BCUT2D eigenvalue weighted by Crippen LogP contribution is -2.24. The molecule has 1 aliphatic rings. The predicted octanol–water partition coefficient (Wildman–Crippen LogP) is 4.44. The van der Waals surface area contributed by atoms with Gasteiger partial charge >= 0.3 is 0 Å². The number of carbonyl (C=O) groups is 1. The Morgan fingerprint density at radius 3 is 2.79 bits per heavy atom. The number of hydrogen-bond acceptors (Lipinski definition) is 5. The van der Waals surface area contributed by atoms with E-state index in [1.54, 1.807) is 11.0 Å². The number of ether oxygens (including phenoxy) is 1. The topological polar surface area (TPSA) is 68.5 Å². The van der Waals surface area contributed by atoms with E-state index in [4.69, 9.17) is 20.9 Å². The fourth-order valence-electron chi connectivity index (χ4n) is 3.33. The maximum absolute atomic E-state index is 13.3. The molecule has 4 rings (SSSR count). The summed E-state index contributed by atoms with van der Waals surface area (Å²) < 4.78 is 24.2. The second-order valence-corrected chi connectivity index (χ2v) is 7.24. The van der Waals surface area contributed by atoms with Crippen molar-refractivity contribution < 1.29 is 18.4 Å². The lowest BCUT2D eigenvalue weighted by atomic mass is 10.1. The van der Waals surface area contributed by atoms with Crippen molar-refractivity contribution in [2.24, 2.45) is 0 Å². The number of benzene rings is 2. The lowest BCUT2D eigenvalue weighted by Gasteiger charge is -2.16. The van der Waals surface area contributed by atoms with Crippen molar-refractivity contribution in [3.63, 3.8) is 0 Å². The number of carbonyl (C=O) groups excluding carboxylic acids is 1. The first-order chi connectivity index (χ1) is 14.0. The standard InChI is InChI=1S/C21H19ClFN3O3/c1-2-28-16-6-4-14(5-7-16)20-24-21(29-25-20)15-10-19(27)26(12-15)11-13-3-8-18(23)17(22)9-13/h3-9,15H,2,10-12H2,1H3. The zero-order chi connectivity index (χ0) is 20.4. The van der Waals surface area contributed by atoms with Gasteiger partial charge in [0.05, 0.1) is 17.5 Å². The van der Waals surface area contributed by atoms with Crippen molar-refractivity contribution in [3.8, 4) is 17.1 Å². The summed E-state index contributed by atoms with van der Waals surface area (Å²) in [6, 6.07) is 11.9. The van der Waals surface area contributed by atoms with Crippen LogP contribution >= 0.6 is 11.6 Å². The number of rotatable bonds is 6. The van der Waals surface area contributed by atoms with E-state index < -0.39 is 5.82 Å². The smallest absolute Gasteiger partial charge is 0.232 e. The number of likely N-dealkylation sites (tertiary alicyclic amines) is 1. The first-order valence-corrected chi connectivity index (χ1v) is 9.70. The summed E-state index contributed by atoms with van der Waals surface area (Å²) in [5, 5.41) is 4.09. The van der Waals surface area contributed by atoms with Gasteiger partial charge in [-0.25, -0.2) is 4.39 Å². The number of aromatic nitrogens is 2. The van der Waals surface area contributed by atoms with Crippen molar-refractivity contribution in [1.29, 1.82) is 0 Å². The second-order valence-electron chi connectivity index (χ2n) is 6.84. The molecule has 6 nitrogen and oxygen atoms in total. The van der Waals surface area contributed by atoms with E-state index in [2.05, 4.69) is 10.1 Å². The maximum atomic E-state index is 13.3. The molecule has 2 heterocycles. The van der Waals surface area contributed by atoms with E-state index in [1.807, 2.05) is 31.2 Å². The molecular weight excluding hydrogens is 397 g/mol. The van der Waals surface area contributed by atoms with Gasteiger partial charge < -0.3 is 14.2 Å². The first kappa shape index (κ1) is 19.4. The Hall–Kier alpha value is -2.93. The molecule has 1 amide bonds. The minimum atomic E-state index is -0.478. The van der Waals surface area contributed by atoms with Gasteiger partial charge in [0, 0.05) is 25.1 Å². The third-order valence-corrected chi connectivity index (χ3v) is 5.08. The van der Waals surface area contributed by atoms with Crippen LogP contribution in [0, 0.1) is 5.82 Å². The van der Waals surface area contributed by atoms with Crippen LogP contribution in [0.15, 0.2) is 47.0 Å². The Bertz CT molecular complexity index is 1020. The molecule has 0 saturated carbocycles. The van der Waals surface area contributed by atoms with Crippen LogP contribution in [0.4, 0.5) is 4.39 Å². The van der Waals surface area contributed by atoms with Crippen LogP contribution in [0.5, 0.6) is 5.75 Å². The minimum Gasteiger partial charge on any atom is -0.494 e. The fourth-order valence-corrected chi connectivity index (χ4v) is 3.54. The van der Waals surface area contributed by atoms with Crippen molar-refractivity contribution in [1.82, 2.24) is 15.0 Å². The van der Waals surface area contributed by atoms with E-state index >= 15 is 0 Å². The summed E-state index contributed by atoms with van der Waals surface area (Å²) in [5.41, 5.74) is 1.58. The molecule has 1 unspecified atom stereocenters. The molecule has 0 N–H and O–H groups in total. The zero-order valence-corrected chi connectivity index (χ0v) is 16.5. The molecule has 1 aromatic heterocycles. The summed E-state index contributed by atoms with van der Waals surface area (Å²) in [7, 11) is 0. The summed E-state index contributed by atoms with van der Waals surface area (Å²) in [6.07, 6.45) is 0.292. The van der Waals surface area contributed by atoms with E-state index in [9.17, 15) is 9.18 Å². The van der Waals surface area contributed by atoms with Gasteiger partial charge in [-0.3, -0.25) is 4.79 Å². The van der Waals surface area contributed by atoms with Crippen LogP contribution in [-0.4, -0.2) is 34.1 Å². The van der Waals surface area contributed by atoms with Gasteiger partial charge in [0.1, 0.15) is 11.6 Å². The van der Waals surface area contributed by atoms with E-state index in [0.29, 0.717) is 37.8 Å². The molecule has 0 spiro atoms. The summed E-state index contributed by atoms with van der Waals surface area (Å²) in [5.74, 6) is 1.01. The highest BCUT2D eigenvalue weighted by atomic mass is 35.5. The highest BCUT2D eigenvalue weighted by Crippen LogP contribution is 2.30. The quantitative estimate of drug-likeness (QED) is 0.595. The predicted molar refractivity (Wildman–Crippen MR) is 105 cm³/mol. The normalized spacial score (nSPS) is 16.4. The molecule has 0 radical (unpaired) electrons. The molecule has 29 heavy (non-hydrogen) atoms. The van der Waals surface area contributed by atoms with Crippen LogP contribution in [0.2, 0.25) is 5.02 Å². The van der Waals surface area contributed by atoms with Gasteiger partial charge in [0.2, 0.25) is 17.6 Å². The van der Waals surface area contributed by atoms with Gasteiger partial charge in [-0.05, 0) is 48.9 Å². The molecule has 2 aromatic carbocycles. The highest BCUT2D eigenvalue weighted by Gasteiger charge is 2.34. The zero-order valence-electron chi connectivity index (χ0n) is 15.8. The van der Waals surface area contributed by atoms with Crippen LogP contribution in [0.3, 0.4) is 0 Å². The Kier molecular flexibility index (Phi) is 5.49. The highest BCUT2D eigenvalue weighted by molar-refractivity contribution is 6.30. The van der Waals surface area contributed by atoms with Crippen molar-refractivity contribution >= 4 is 17.5 Å². The third-order valence-electron chi connectivity index (χ3n) is 4.79. The van der Waals surface area contributed by atoms with Crippen LogP contribution < -0.4 is 4.74 Å². The van der Waals surface area contributed by atoms with E-state index in [-0.39, 0.29) is 16.8 Å². The summed E-state index contributed by atoms with van der Waals surface area (Å²) in [6.45, 7) is 3.34. The first-order valence-electron chi connectivity index (χ1n) is 9.32. The lowest BCUT2D eigenvalue weighted by molar-refractivity contribution is -0.128. The van der Waals surface area contributed by atoms with Crippen molar-refractivity contribution in [2.75, 3.05) is 13.2 Å². The second kappa shape index (κ2) is 8.21. The summed E-state index contributed by atoms with van der Waals surface area (Å²) >= 11 is 5.83. The molecule has 1 atom stereocenters. The van der Waals surface area contributed by atoms with Gasteiger partial charge in [0.25, 0.3) is 0 Å². The Morgan fingerprint density at radius 1 is 1.28 bits per heavy atom. The average molecular weight is 416 g/mol. The fraction of sp³-hybridized carbons (Fsp3) is 0.286. The molecule has 1 fully saturated rings. The van der Waals surface area contributed by atoms with Gasteiger partial charge in [-0.1, -0.05) is 22.8 Å². The average Bonchev–Trinajstić information content (AvgIpc) is 3.33. The minimum absolute atomic E-state index is 0.0173. The molecular formula is C21H19ClFN3O3. The van der Waals surface area contributed by atoms with Gasteiger partial charge in [-0.2, -0.15) is 4.98 Å². The van der Waals surface area contributed by atoms with Crippen LogP contribution in [-0.2, 0) is 11.3 Å². The molecule has 1 aliphatic heterocycles. The van der Waals surface area contributed by atoms with E-state index in [0.717, 1.165) is 16.9 Å². The van der Waals surface area contributed by atoms with Crippen LogP contribution in [0.25, 0.3) is 11.4 Å². The Morgan fingerprint density at radius 2 is 2.07 bits per heavy atom. The third kappa shape index (κ3) is 4.24. The monoisotopic (exact) mass is 415 g/mol. The number of hydrogen-bond donors (Lipinski definition) is 0. The molecule has 1 saturated heterocycles. The van der Waals surface area contributed by atoms with Gasteiger partial charge in [0.15, 0.2) is 0 Å². The van der Waals surface area contributed by atoms with E-state index in [1.165, 1.54) is 12.1 Å². The molecule has 0 bridgehead atoms. The van der Waals surface area contributed by atoms with Crippen LogP contribution in [0.1, 0.15) is 30.7 Å². The molecule has 8 heteroatoms. The summed E-state index contributed by atoms with van der Waals surface area (Å²) in [4.78, 5) is 18.6. The number of amides is 1. The SMILES string of the molecule is CCOc1ccc(-c2noc(C3CC(=O)N(Cc4ccc(F)c(Cl)c4)C3)n2)cc1. The Labute approximate surface area is 172 Å². The maximum Gasteiger partial charge on any atom is 0.232 e. The number of nitrogens with zero attached hydrogens (tertiary/aromatic N) is 3. The molecule has 0 aliphatic carbocycles. The number of halogens is 2. The largest absolute Gasteiger partial charge is 0.494 e. The molecule has 150 valence electrons. The van der Waals surface area contributed by atoms with Gasteiger partial charge in [-0.15, -0.1) is 0 Å². The van der Waals surface area contributed by atoms with Crippen molar-refractivity contribution in [2.45, 2.75) is 25.8 Å². The molecule has 3 aromatic rings. The van der Waals surface area contributed by atoms with Crippen molar-refractivity contribution in [3.05, 3.63) is 64.8 Å². The Balaban J connectivity index is 1.44.